The highest BCUT2D eigenvalue weighted by Crippen LogP contribution is 2.36. The van der Waals surface area contributed by atoms with Gasteiger partial charge in [-0.05, 0) is 38.0 Å². The molecule has 1 saturated carbocycles. The average molecular weight is 366 g/mol. The summed E-state index contributed by atoms with van der Waals surface area (Å²) in [6.45, 7) is 1.66. The van der Waals surface area contributed by atoms with Gasteiger partial charge in [-0.2, -0.15) is 0 Å². The quantitative estimate of drug-likeness (QED) is 0.788. The highest BCUT2D eigenvalue weighted by molar-refractivity contribution is 8.00. The second-order valence-electron chi connectivity index (χ2n) is 6.09. The Hall–Kier alpha value is -1.53. The first-order chi connectivity index (χ1) is 11.6. The highest BCUT2D eigenvalue weighted by atomic mass is 35.5. The predicted octanol–water partition coefficient (Wildman–Crippen LogP) is 4.53. The maximum atomic E-state index is 11.2. The van der Waals surface area contributed by atoms with Crippen LogP contribution >= 0.6 is 23.4 Å². The van der Waals surface area contributed by atoms with E-state index >= 15 is 0 Å². The first-order valence-electron chi connectivity index (χ1n) is 8.17. The molecule has 1 aliphatic rings. The molecule has 3 rings (SSSR count). The maximum absolute atomic E-state index is 11.2. The summed E-state index contributed by atoms with van der Waals surface area (Å²) in [5.74, 6) is 0.414. The van der Waals surface area contributed by atoms with Crippen molar-refractivity contribution >= 4 is 29.3 Å². The number of aromatic nitrogens is 3. The Balaban J connectivity index is 2.02. The first-order valence-corrected chi connectivity index (χ1v) is 9.42. The van der Waals surface area contributed by atoms with Crippen molar-refractivity contribution in [3.8, 4) is 5.69 Å². The van der Waals surface area contributed by atoms with E-state index in [9.17, 15) is 9.90 Å². The molecule has 1 atom stereocenters. The molecule has 0 spiro atoms. The highest BCUT2D eigenvalue weighted by Gasteiger charge is 2.26. The number of thioether (sulfide) groups is 1. The lowest BCUT2D eigenvalue weighted by atomic mass is 9.88. The minimum absolute atomic E-state index is 0.361. The molecule has 128 valence electrons. The molecule has 1 heterocycles. The lowest BCUT2D eigenvalue weighted by Crippen LogP contribution is -2.14. The zero-order valence-electron chi connectivity index (χ0n) is 13.5. The van der Waals surface area contributed by atoms with E-state index in [0.717, 1.165) is 24.4 Å². The Morgan fingerprint density at radius 3 is 2.75 bits per heavy atom. The van der Waals surface area contributed by atoms with Crippen LogP contribution in [0.2, 0.25) is 5.02 Å². The van der Waals surface area contributed by atoms with E-state index in [1.807, 2.05) is 28.8 Å². The van der Waals surface area contributed by atoms with Gasteiger partial charge >= 0.3 is 5.97 Å². The van der Waals surface area contributed by atoms with Crippen molar-refractivity contribution in [1.82, 2.24) is 14.8 Å². The summed E-state index contributed by atoms with van der Waals surface area (Å²) < 4.78 is 1.98. The van der Waals surface area contributed by atoms with Crippen LogP contribution in [0.25, 0.3) is 5.69 Å². The SMILES string of the molecule is CC(Sc1nnc(C2CCCCC2)n1-c1cccc(Cl)c1)C(=O)O. The van der Waals surface area contributed by atoms with Crippen molar-refractivity contribution in [3.05, 3.63) is 35.1 Å². The van der Waals surface area contributed by atoms with Crippen LogP contribution in [-0.4, -0.2) is 31.1 Å². The molecule has 1 fully saturated rings. The van der Waals surface area contributed by atoms with Gasteiger partial charge in [-0.1, -0.05) is 48.7 Å². The summed E-state index contributed by atoms with van der Waals surface area (Å²) in [5.41, 5.74) is 0.883. The van der Waals surface area contributed by atoms with E-state index in [-0.39, 0.29) is 0 Å². The van der Waals surface area contributed by atoms with Crippen molar-refractivity contribution in [2.24, 2.45) is 0 Å². The molecule has 1 aliphatic carbocycles. The number of rotatable bonds is 5. The molecule has 1 aromatic carbocycles. The minimum atomic E-state index is -0.861. The van der Waals surface area contributed by atoms with E-state index in [2.05, 4.69) is 10.2 Å². The van der Waals surface area contributed by atoms with Crippen molar-refractivity contribution in [3.63, 3.8) is 0 Å². The third-order valence-electron chi connectivity index (χ3n) is 4.33. The summed E-state index contributed by atoms with van der Waals surface area (Å²) in [4.78, 5) is 11.2. The molecule has 0 amide bonds. The predicted molar refractivity (Wildman–Crippen MR) is 95.1 cm³/mol. The summed E-state index contributed by atoms with van der Waals surface area (Å²) >= 11 is 7.36. The summed E-state index contributed by atoms with van der Waals surface area (Å²) in [6.07, 6.45) is 5.84. The monoisotopic (exact) mass is 365 g/mol. The van der Waals surface area contributed by atoms with Crippen molar-refractivity contribution in [1.29, 1.82) is 0 Å². The molecule has 7 heteroatoms. The van der Waals surface area contributed by atoms with Gasteiger partial charge in [0.15, 0.2) is 5.16 Å². The third kappa shape index (κ3) is 3.75. The number of benzene rings is 1. The van der Waals surface area contributed by atoms with E-state index in [4.69, 9.17) is 11.6 Å². The fourth-order valence-electron chi connectivity index (χ4n) is 3.05. The van der Waals surface area contributed by atoms with Gasteiger partial charge in [0.25, 0.3) is 0 Å². The lowest BCUT2D eigenvalue weighted by Gasteiger charge is -2.22. The minimum Gasteiger partial charge on any atom is -0.480 e. The molecule has 5 nitrogen and oxygen atoms in total. The number of hydrogen-bond acceptors (Lipinski definition) is 4. The second kappa shape index (κ2) is 7.57. The molecule has 0 saturated heterocycles. The van der Waals surface area contributed by atoms with Crippen LogP contribution in [0.4, 0.5) is 0 Å². The van der Waals surface area contributed by atoms with E-state index in [1.54, 1.807) is 6.92 Å². The van der Waals surface area contributed by atoms with Crippen LogP contribution in [0.15, 0.2) is 29.4 Å². The number of carboxylic acids is 1. The summed E-state index contributed by atoms with van der Waals surface area (Å²) in [7, 11) is 0. The maximum Gasteiger partial charge on any atom is 0.316 e. The van der Waals surface area contributed by atoms with Crippen LogP contribution in [0.1, 0.15) is 50.8 Å². The molecule has 0 bridgehead atoms. The van der Waals surface area contributed by atoms with Gasteiger partial charge in [-0.15, -0.1) is 10.2 Å². The molecule has 0 aliphatic heterocycles. The standard InChI is InChI=1S/C17H20ClN3O2S/c1-11(16(22)23)24-17-20-19-15(12-6-3-2-4-7-12)21(17)14-9-5-8-13(18)10-14/h5,8-12H,2-4,6-7H2,1H3,(H,22,23). The summed E-state index contributed by atoms with van der Waals surface area (Å²) in [5, 5.41) is 18.6. The topological polar surface area (TPSA) is 68.0 Å². The lowest BCUT2D eigenvalue weighted by molar-refractivity contribution is -0.136. The molecular weight excluding hydrogens is 346 g/mol. The number of halogens is 1. The van der Waals surface area contributed by atoms with Crippen molar-refractivity contribution < 1.29 is 9.90 Å². The van der Waals surface area contributed by atoms with Gasteiger partial charge in [0.05, 0.1) is 5.69 Å². The Labute approximate surface area is 150 Å². The first kappa shape index (κ1) is 17.3. The van der Waals surface area contributed by atoms with Crippen LogP contribution in [0, 0.1) is 0 Å². The largest absolute Gasteiger partial charge is 0.480 e. The molecule has 1 aromatic heterocycles. The van der Waals surface area contributed by atoms with Crippen LogP contribution in [0.5, 0.6) is 0 Å². The van der Waals surface area contributed by atoms with Crippen molar-refractivity contribution in [2.45, 2.75) is 55.4 Å². The number of hydrogen-bond donors (Lipinski definition) is 1. The van der Waals surface area contributed by atoms with E-state index in [0.29, 0.717) is 16.1 Å². The van der Waals surface area contributed by atoms with Crippen LogP contribution < -0.4 is 0 Å². The van der Waals surface area contributed by atoms with Gasteiger partial charge in [-0.25, -0.2) is 0 Å². The number of nitrogens with zero attached hydrogens (tertiary/aromatic N) is 3. The Morgan fingerprint density at radius 2 is 2.08 bits per heavy atom. The van der Waals surface area contributed by atoms with Gasteiger partial charge in [0.2, 0.25) is 0 Å². The van der Waals surface area contributed by atoms with Gasteiger partial charge in [0.1, 0.15) is 11.1 Å². The zero-order chi connectivity index (χ0) is 17.1. The molecular formula is C17H20ClN3O2S. The van der Waals surface area contributed by atoms with Crippen molar-refractivity contribution in [2.75, 3.05) is 0 Å². The average Bonchev–Trinajstić information content (AvgIpc) is 2.99. The van der Waals surface area contributed by atoms with Gasteiger partial charge in [0, 0.05) is 10.9 Å². The van der Waals surface area contributed by atoms with Crippen LogP contribution in [-0.2, 0) is 4.79 Å². The zero-order valence-corrected chi connectivity index (χ0v) is 15.1. The summed E-state index contributed by atoms with van der Waals surface area (Å²) in [6, 6.07) is 7.53. The Bertz CT molecular complexity index is 728. The second-order valence-corrected chi connectivity index (χ2v) is 7.83. The van der Waals surface area contributed by atoms with E-state index in [1.165, 1.54) is 31.0 Å². The smallest absolute Gasteiger partial charge is 0.316 e. The Kier molecular flexibility index (Phi) is 5.46. The molecule has 2 aromatic rings. The van der Waals surface area contributed by atoms with E-state index < -0.39 is 11.2 Å². The van der Waals surface area contributed by atoms with Gasteiger partial charge < -0.3 is 5.11 Å². The number of carbonyl (C=O) groups is 1. The molecule has 0 radical (unpaired) electrons. The normalized spacial score (nSPS) is 16.9. The van der Waals surface area contributed by atoms with Gasteiger partial charge in [-0.3, -0.25) is 9.36 Å². The number of aliphatic carboxylic acids is 1. The molecule has 1 unspecified atom stereocenters. The third-order valence-corrected chi connectivity index (χ3v) is 5.59. The fourth-order valence-corrected chi connectivity index (χ4v) is 4.04. The number of carboxylic acid groups (broad SMARTS) is 1. The molecule has 1 N–H and O–H groups in total. The fraction of sp³-hybridized carbons (Fsp3) is 0.471. The van der Waals surface area contributed by atoms with Crippen LogP contribution in [0.3, 0.4) is 0 Å². The Morgan fingerprint density at radius 1 is 1.33 bits per heavy atom. The molecule has 24 heavy (non-hydrogen) atoms.